The molecule has 0 aromatic heterocycles. The highest BCUT2D eigenvalue weighted by Crippen LogP contribution is 2.30. The number of carbonyl (C=O) groups excluding carboxylic acids is 3. The lowest BCUT2D eigenvalue weighted by atomic mass is 10.1. The molecule has 0 radical (unpaired) electrons. The van der Waals surface area contributed by atoms with Crippen molar-refractivity contribution in [1.29, 1.82) is 0 Å². The Balaban J connectivity index is 1.57. The summed E-state index contributed by atoms with van der Waals surface area (Å²) in [5.74, 6) is 1.13. The molecule has 196 valence electrons. The van der Waals surface area contributed by atoms with E-state index in [9.17, 15) is 14.4 Å². The third-order valence-corrected chi connectivity index (χ3v) is 5.66. The Bertz CT molecular complexity index is 1170. The molecule has 9 heteroatoms. The molecular formula is C28H32N2O7. The fourth-order valence-corrected chi connectivity index (χ4v) is 3.68. The lowest BCUT2D eigenvalue weighted by molar-refractivity contribution is -0.121. The number of nitrogens with zero attached hydrogens (tertiary/aromatic N) is 1. The van der Waals surface area contributed by atoms with Gasteiger partial charge in [-0.2, -0.15) is 0 Å². The second kappa shape index (κ2) is 13.8. The number of ketones is 2. The minimum absolute atomic E-state index is 0.266. The number of carbonyl (C=O) groups is 3. The lowest BCUT2D eigenvalue weighted by Gasteiger charge is -2.20. The average Bonchev–Trinajstić information content (AvgIpc) is 3.21. The summed E-state index contributed by atoms with van der Waals surface area (Å²) in [6.07, 6.45) is 6.07. The summed E-state index contributed by atoms with van der Waals surface area (Å²) < 4.78 is 21.4. The van der Waals surface area contributed by atoms with E-state index in [0.717, 1.165) is 25.1 Å². The van der Waals surface area contributed by atoms with Crippen LogP contribution in [0.2, 0.25) is 0 Å². The van der Waals surface area contributed by atoms with E-state index in [-0.39, 0.29) is 18.0 Å². The molecule has 0 unspecified atom stereocenters. The first-order valence-corrected chi connectivity index (χ1v) is 11.9. The highest BCUT2D eigenvalue weighted by atomic mass is 16.6. The SMILES string of the molecule is COc1ccc(C=CC(=O)CC(=O)C=Cc2ccc(OC(=O)N3CCCNCC3)c(OC)c2)cc1OC. The van der Waals surface area contributed by atoms with E-state index < -0.39 is 6.09 Å². The molecule has 0 atom stereocenters. The van der Waals surface area contributed by atoms with Crippen LogP contribution in [0.15, 0.2) is 48.6 Å². The van der Waals surface area contributed by atoms with Gasteiger partial charge in [-0.05, 0) is 60.5 Å². The Morgan fingerprint density at radius 3 is 1.95 bits per heavy atom. The summed E-state index contributed by atoms with van der Waals surface area (Å²) in [6, 6.07) is 10.3. The zero-order valence-electron chi connectivity index (χ0n) is 21.3. The topological polar surface area (TPSA) is 103 Å². The molecule has 37 heavy (non-hydrogen) atoms. The van der Waals surface area contributed by atoms with Gasteiger partial charge in [0, 0.05) is 19.6 Å². The van der Waals surface area contributed by atoms with Crippen molar-refractivity contribution in [3.05, 3.63) is 59.7 Å². The summed E-state index contributed by atoms with van der Waals surface area (Å²) >= 11 is 0. The normalized spacial score (nSPS) is 13.9. The van der Waals surface area contributed by atoms with Crippen LogP contribution in [0, 0.1) is 0 Å². The molecule has 3 rings (SSSR count). The van der Waals surface area contributed by atoms with Crippen molar-refractivity contribution in [1.82, 2.24) is 10.2 Å². The third-order valence-electron chi connectivity index (χ3n) is 5.66. The summed E-state index contributed by atoms with van der Waals surface area (Å²) in [6.45, 7) is 2.79. The standard InChI is InChI=1S/C28H32N2O7/c1-34-24-11-7-20(17-26(24)35-2)5-9-22(31)19-23(32)10-6-21-8-12-25(27(18-21)36-3)37-28(33)30-15-4-13-29-14-16-30/h5-12,17-18,29H,4,13-16,19H2,1-3H3. The first kappa shape index (κ1) is 27.5. The van der Waals surface area contributed by atoms with Crippen LogP contribution in [0.3, 0.4) is 0 Å². The molecule has 0 spiro atoms. The van der Waals surface area contributed by atoms with Crippen molar-refractivity contribution >= 4 is 29.8 Å². The molecule has 9 nitrogen and oxygen atoms in total. The molecule has 1 aliphatic rings. The minimum Gasteiger partial charge on any atom is -0.493 e. The van der Waals surface area contributed by atoms with Crippen LogP contribution in [0.5, 0.6) is 23.0 Å². The average molecular weight is 509 g/mol. The van der Waals surface area contributed by atoms with Crippen LogP contribution in [0.25, 0.3) is 12.2 Å². The molecule has 1 amide bonds. The maximum atomic E-state index is 12.5. The Morgan fingerprint density at radius 2 is 1.35 bits per heavy atom. The highest BCUT2D eigenvalue weighted by Gasteiger charge is 2.19. The van der Waals surface area contributed by atoms with E-state index in [1.165, 1.54) is 26.4 Å². The predicted molar refractivity (Wildman–Crippen MR) is 140 cm³/mol. The van der Waals surface area contributed by atoms with Gasteiger partial charge in [0.2, 0.25) is 0 Å². The largest absolute Gasteiger partial charge is 0.493 e. The first-order valence-electron chi connectivity index (χ1n) is 11.9. The monoisotopic (exact) mass is 508 g/mol. The molecular weight excluding hydrogens is 476 g/mol. The van der Waals surface area contributed by atoms with Gasteiger partial charge in [0.1, 0.15) is 0 Å². The molecule has 0 saturated carbocycles. The summed E-state index contributed by atoms with van der Waals surface area (Å²) in [4.78, 5) is 38.7. The third kappa shape index (κ3) is 8.22. The minimum atomic E-state index is -0.430. The number of rotatable bonds is 10. The quantitative estimate of drug-likeness (QED) is 0.382. The van der Waals surface area contributed by atoms with Crippen LogP contribution in [0.4, 0.5) is 4.79 Å². The van der Waals surface area contributed by atoms with Crippen molar-refractivity contribution in [2.24, 2.45) is 0 Å². The zero-order chi connectivity index (χ0) is 26.6. The van der Waals surface area contributed by atoms with E-state index in [2.05, 4.69) is 5.32 Å². The number of methoxy groups -OCH3 is 3. The molecule has 1 N–H and O–H groups in total. The highest BCUT2D eigenvalue weighted by molar-refractivity contribution is 6.10. The Hall–Kier alpha value is -4.11. The molecule has 1 heterocycles. The fraction of sp³-hybridized carbons (Fsp3) is 0.321. The number of hydrogen-bond donors (Lipinski definition) is 1. The van der Waals surface area contributed by atoms with Crippen LogP contribution < -0.4 is 24.3 Å². The number of hydrogen-bond acceptors (Lipinski definition) is 8. The maximum Gasteiger partial charge on any atom is 0.415 e. The summed E-state index contributed by atoms with van der Waals surface area (Å²) in [7, 11) is 4.56. The van der Waals surface area contributed by atoms with Crippen molar-refractivity contribution in [3.8, 4) is 23.0 Å². The number of amides is 1. The van der Waals surface area contributed by atoms with Gasteiger partial charge in [-0.1, -0.05) is 24.3 Å². The van der Waals surface area contributed by atoms with Gasteiger partial charge in [0.05, 0.1) is 27.8 Å². The van der Waals surface area contributed by atoms with Crippen LogP contribution in [0.1, 0.15) is 24.0 Å². The van der Waals surface area contributed by atoms with Gasteiger partial charge in [-0.3, -0.25) is 9.59 Å². The van der Waals surface area contributed by atoms with E-state index in [1.54, 1.807) is 60.6 Å². The second-order valence-corrected chi connectivity index (χ2v) is 8.26. The van der Waals surface area contributed by atoms with Crippen molar-refractivity contribution < 1.29 is 33.3 Å². The van der Waals surface area contributed by atoms with Gasteiger partial charge < -0.3 is 29.2 Å². The van der Waals surface area contributed by atoms with E-state index >= 15 is 0 Å². The van der Waals surface area contributed by atoms with Gasteiger partial charge in [-0.15, -0.1) is 0 Å². The molecule has 1 aliphatic heterocycles. The number of ether oxygens (including phenoxy) is 4. The van der Waals surface area contributed by atoms with E-state index in [4.69, 9.17) is 18.9 Å². The smallest absolute Gasteiger partial charge is 0.415 e. The zero-order valence-corrected chi connectivity index (χ0v) is 21.3. The molecule has 0 aliphatic carbocycles. The number of allylic oxidation sites excluding steroid dienone is 2. The molecule has 2 aromatic carbocycles. The van der Waals surface area contributed by atoms with Crippen LogP contribution >= 0.6 is 0 Å². The maximum absolute atomic E-state index is 12.5. The van der Waals surface area contributed by atoms with Gasteiger partial charge in [0.15, 0.2) is 34.6 Å². The molecule has 1 fully saturated rings. The van der Waals surface area contributed by atoms with Crippen LogP contribution in [-0.2, 0) is 9.59 Å². The molecule has 0 bridgehead atoms. The first-order chi connectivity index (χ1) is 17.9. The molecule has 2 aromatic rings. The van der Waals surface area contributed by atoms with E-state index in [1.807, 2.05) is 0 Å². The second-order valence-electron chi connectivity index (χ2n) is 8.26. The van der Waals surface area contributed by atoms with Crippen LogP contribution in [-0.4, -0.2) is 70.1 Å². The Morgan fingerprint density at radius 1 is 0.784 bits per heavy atom. The number of nitrogens with one attached hydrogen (secondary N) is 1. The van der Waals surface area contributed by atoms with Crippen molar-refractivity contribution in [2.75, 3.05) is 47.5 Å². The van der Waals surface area contributed by atoms with E-state index in [0.29, 0.717) is 41.7 Å². The van der Waals surface area contributed by atoms with Gasteiger partial charge >= 0.3 is 6.09 Å². The molecule has 1 saturated heterocycles. The van der Waals surface area contributed by atoms with Gasteiger partial charge in [0.25, 0.3) is 0 Å². The number of benzene rings is 2. The lowest BCUT2D eigenvalue weighted by Crippen LogP contribution is -2.36. The Labute approximate surface area is 216 Å². The Kier molecular flexibility index (Phi) is 10.3. The fourth-order valence-electron chi connectivity index (χ4n) is 3.68. The van der Waals surface area contributed by atoms with Gasteiger partial charge in [-0.25, -0.2) is 4.79 Å². The van der Waals surface area contributed by atoms with Crippen molar-refractivity contribution in [3.63, 3.8) is 0 Å². The predicted octanol–water partition coefficient (Wildman–Crippen LogP) is 3.76. The summed E-state index contributed by atoms with van der Waals surface area (Å²) in [5.41, 5.74) is 1.41. The summed E-state index contributed by atoms with van der Waals surface area (Å²) in [5, 5.41) is 3.24. The van der Waals surface area contributed by atoms with Crippen molar-refractivity contribution in [2.45, 2.75) is 12.8 Å².